The molecule has 1 aromatic rings. The Labute approximate surface area is 97.7 Å². The molecular formula is C11H16N2O2S. The maximum Gasteiger partial charge on any atom is 0.237 e. The van der Waals surface area contributed by atoms with E-state index in [4.69, 9.17) is 5.73 Å². The summed E-state index contributed by atoms with van der Waals surface area (Å²) < 4.78 is 11.4. The van der Waals surface area contributed by atoms with Crippen molar-refractivity contribution in [1.29, 1.82) is 0 Å². The van der Waals surface area contributed by atoms with Crippen LogP contribution in [0.25, 0.3) is 0 Å². The van der Waals surface area contributed by atoms with Crippen molar-refractivity contribution in [3.63, 3.8) is 0 Å². The minimum absolute atomic E-state index is 0.00778. The van der Waals surface area contributed by atoms with Gasteiger partial charge in [0, 0.05) is 27.4 Å². The number of hydrogen-bond donors (Lipinski definition) is 2. The van der Waals surface area contributed by atoms with Crippen molar-refractivity contribution in [1.82, 2.24) is 0 Å². The van der Waals surface area contributed by atoms with E-state index in [0.29, 0.717) is 11.4 Å². The van der Waals surface area contributed by atoms with E-state index in [1.165, 1.54) is 0 Å². The first-order chi connectivity index (χ1) is 7.49. The third-order valence-electron chi connectivity index (χ3n) is 1.97. The summed E-state index contributed by atoms with van der Waals surface area (Å²) in [6.45, 7) is 3.65. The molecule has 0 bridgehead atoms. The lowest BCUT2D eigenvalue weighted by atomic mass is 10.3. The molecule has 1 atom stereocenters. The van der Waals surface area contributed by atoms with Crippen LogP contribution in [-0.2, 0) is 15.6 Å². The fourth-order valence-corrected chi connectivity index (χ4v) is 1.77. The summed E-state index contributed by atoms with van der Waals surface area (Å²) in [6.07, 6.45) is 0. The van der Waals surface area contributed by atoms with Crippen LogP contribution < -0.4 is 11.1 Å². The lowest BCUT2D eigenvalue weighted by Crippen LogP contribution is -2.23. The van der Waals surface area contributed by atoms with E-state index in [-0.39, 0.29) is 16.9 Å². The van der Waals surface area contributed by atoms with E-state index in [9.17, 15) is 9.00 Å². The van der Waals surface area contributed by atoms with E-state index >= 15 is 0 Å². The van der Waals surface area contributed by atoms with Crippen LogP contribution >= 0.6 is 0 Å². The van der Waals surface area contributed by atoms with Gasteiger partial charge in [-0.3, -0.25) is 9.00 Å². The summed E-state index contributed by atoms with van der Waals surface area (Å²) in [4.78, 5) is 11.5. The predicted octanol–water partition coefficient (Wildman–Crippen LogP) is 1.36. The van der Waals surface area contributed by atoms with Gasteiger partial charge in [0.05, 0.1) is 0 Å². The molecule has 5 heteroatoms. The summed E-state index contributed by atoms with van der Waals surface area (Å²) in [5.74, 6) is -0.232. The number of carbonyl (C=O) groups excluding carboxylic acids is 1. The molecule has 0 spiro atoms. The second-order valence-corrected chi connectivity index (χ2v) is 5.74. The number of nitrogens with one attached hydrogen (secondary N) is 1. The number of rotatable bonds is 4. The van der Waals surface area contributed by atoms with Gasteiger partial charge in [0.2, 0.25) is 5.91 Å². The Hall–Kier alpha value is -1.36. The van der Waals surface area contributed by atoms with Crippen LogP contribution in [0.3, 0.4) is 0 Å². The van der Waals surface area contributed by atoms with Crippen LogP contribution in [0.4, 0.5) is 11.4 Å². The second-order valence-electron chi connectivity index (χ2n) is 3.75. The molecule has 1 amide bonds. The number of hydrogen-bond acceptors (Lipinski definition) is 3. The summed E-state index contributed by atoms with van der Waals surface area (Å²) in [7, 11) is -1.12. The van der Waals surface area contributed by atoms with Crippen molar-refractivity contribution in [3.8, 4) is 0 Å². The molecule has 1 unspecified atom stereocenters. The summed E-state index contributed by atoms with van der Waals surface area (Å²) in [5, 5.41) is 2.65. The van der Waals surface area contributed by atoms with Gasteiger partial charge in [0.1, 0.15) is 5.75 Å². The predicted molar refractivity (Wildman–Crippen MR) is 67.6 cm³/mol. The maximum absolute atomic E-state index is 11.5. The fourth-order valence-electron chi connectivity index (χ4n) is 1.11. The normalized spacial score (nSPS) is 12.4. The molecule has 88 valence electrons. The lowest BCUT2D eigenvalue weighted by molar-refractivity contribution is -0.113. The Balaban J connectivity index is 2.55. The van der Waals surface area contributed by atoms with Gasteiger partial charge in [0.25, 0.3) is 0 Å². The number of anilines is 2. The van der Waals surface area contributed by atoms with Gasteiger partial charge in [0.15, 0.2) is 0 Å². The van der Waals surface area contributed by atoms with Crippen LogP contribution in [0.1, 0.15) is 13.8 Å². The standard InChI is InChI=1S/C11H16N2O2S/c1-8(2)16(15)7-11(14)13-10-5-3-4-9(12)6-10/h3-6,8H,7,12H2,1-2H3,(H,13,14). The molecule has 0 saturated carbocycles. The molecule has 0 fully saturated rings. The molecule has 3 N–H and O–H groups in total. The van der Waals surface area contributed by atoms with Crippen molar-refractivity contribution in [2.75, 3.05) is 16.8 Å². The smallest absolute Gasteiger partial charge is 0.237 e. The summed E-state index contributed by atoms with van der Waals surface area (Å²) in [6, 6.07) is 6.90. The quantitative estimate of drug-likeness (QED) is 0.781. The Morgan fingerprint density at radius 1 is 1.50 bits per heavy atom. The van der Waals surface area contributed by atoms with E-state index < -0.39 is 10.8 Å². The van der Waals surface area contributed by atoms with E-state index in [0.717, 1.165) is 0 Å². The van der Waals surface area contributed by atoms with Crippen molar-refractivity contribution in [2.45, 2.75) is 19.1 Å². The molecular weight excluding hydrogens is 224 g/mol. The zero-order valence-corrected chi connectivity index (χ0v) is 10.2. The van der Waals surface area contributed by atoms with Crippen LogP contribution in [-0.4, -0.2) is 21.1 Å². The zero-order chi connectivity index (χ0) is 12.1. The molecule has 0 radical (unpaired) electrons. The summed E-state index contributed by atoms with van der Waals surface area (Å²) in [5.41, 5.74) is 6.79. The first-order valence-electron chi connectivity index (χ1n) is 5.01. The molecule has 0 heterocycles. The van der Waals surface area contributed by atoms with Gasteiger partial charge in [-0.1, -0.05) is 19.9 Å². The first-order valence-corrected chi connectivity index (χ1v) is 6.40. The lowest BCUT2D eigenvalue weighted by Gasteiger charge is -2.07. The van der Waals surface area contributed by atoms with Crippen molar-refractivity contribution in [2.24, 2.45) is 0 Å². The number of benzene rings is 1. The highest BCUT2D eigenvalue weighted by molar-refractivity contribution is 7.86. The van der Waals surface area contributed by atoms with Gasteiger partial charge in [-0.2, -0.15) is 0 Å². The van der Waals surface area contributed by atoms with Gasteiger partial charge >= 0.3 is 0 Å². The van der Waals surface area contributed by atoms with E-state index in [1.807, 2.05) is 13.8 Å². The number of nitrogen functional groups attached to an aromatic ring is 1. The monoisotopic (exact) mass is 240 g/mol. The van der Waals surface area contributed by atoms with Crippen molar-refractivity contribution in [3.05, 3.63) is 24.3 Å². The fraction of sp³-hybridized carbons (Fsp3) is 0.364. The SMILES string of the molecule is CC(C)S(=O)CC(=O)Nc1cccc(N)c1. The maximum atomic E-state index is 11.5. The minimum Gasteiger partial charge on any atom is -0.399 e. The molecule has 16 heavy (non-hydrogen) atoms. The van der Waals surface area contributed by atoms with Gasteiger partial charge in [-0.25, -0.2) is 0 Å². The van der Waals surface area contributed by atoms with E-state index in [2.05, 4.69) is 5.32 Å². The Bertz CT molecular complexity index is 405. The van der Waals surface area contributed by atoms with Gasteiger partial charge in [-0.05, 0) is 18.2 Å². The first kappa shape index (κ1) is 12.7. The van der Waals surface area contributed by atoms with Crippen molar-refractivity contribution < 1.29 is 9.00 Å². The Morgan fingerprint density at radius 3 is 2.75 bits per heavy atom. The Morgan fingerprint density at radius 2 is 2.19 bits per heavy atom. The molecule has 0 aliphatic heterocycles. The molecule has 1 aromatic carbocycles. The number of amides is 1. The highest BCUT2D eigenvalue weighted by atomic mass is 32.2. The van der Waals surface area contributed by atoms with Crippen molar-refractivity contribution >= 4 is 28.1 Å². The Kier molecular flexibility index (Phi) is 4.49. The van der Waals surface area contributed by atoms with Gasteiger partial charge < -0.3 is 11.1 Å². The second kappa shape index (κ2) is 5.65. The molecule has 1 rings (SSSR count). The third kappa shape index (κ3) is 4.02. The van der Waals surface area contributed by atoms with Crippen LogP contribution in [0, 0.1) is 0 Å². The zero-order valence-electron chi connectivity index (χ0n) is 9.40. The van der Waals surface area contributed by atoms with Crippen LogP contribution in [0.15, 0.2) is 24.3 Å². The minimum atomic E-state index is -1.12. The van der Waals surface area contributed by atoms with Crippen LogP contribution in [0.2, 0.25) is 0 Å². The molecule has 0 aliphatic rings. The van der Waals surface area contributed by atoms with Gasteiger partial charge in [-0.15, -0.1) is 0 Å². The molecule has 0 aromatic heterocycles. The molecule has 4 nitrogen and oxygen atoms in total. The molecule has 0 aliphatic carbocycles. The topological polar surface area (TPSA) is 72.2 Å². The average molecular weight is 240 g/mol. The molecule has 0 saturated heterocycles. The third-order valence-corrected chi connectivity index (χ3v) is 3.57. The number of carbonyl (C=O) groups is 1. The number of nitrogens with two attached hydrogens (primary N) is 1. The average Bonchev–Trinajstić information content (AvgIpc) is 2.16. The highest BCUT2D eigenvalue weighted by Gasteiger charge is 2.11. The largest absolute Gasteiger partial charge is 0.399 e. The van der Waals surface area contributed by atoms with Crippen LogP contribution in [0.5, 0.6) is 0 Å². The summed E-state index contributed by atoms with van der Waals surface area (Å²) >= 11 is 0. The highest BCUT2D eigenvalue weighted by Crippen LogP contribution is 2.11. The van der Waals surface area contributed by atoms with E-state index in [1.54, 1.807) is 24.3 Å².